The number of benzene rings is 3. The van der Waals surface area contributed by atoms with E-state index in [1.54, 1.807) is 12.1 Å². The Morgan fingerprint density at radius 2 is 1.44 bits per heavy atom. The summed E-state index contributed by atoms with van der Waals surface area (Å²) in [4.78, 5) is 11.7. The van der Waals surface area contributed by atoms with E-state index in [0.29, 0.717) is 5.56 Å². The normalized spacial score (nSPS) is 13.2. The van der Waals surface area contributed by atoms with Crippen molar-refractivity contribution < 1.29 is 19.4 Å². The van der Waals surface area contributed by atoms with Crippen LogP contribution >= 0.6 is 0 Å². The summed E-state index contributed by atoms with van der Waals surface area (Å²) in [6, 6.07) is 22.1. The number of aliphatic carboxylic acids is 1. The molecule has 3 nitrogen and oxygen atoms in total. The highest BCUT2D eigenvalue weighted by Gasteiger charge is 2.29. The molecule has 3 rings (SSSR count). The number of halogens is 1. The van der Waals surface area contributed by atoms with Crippen LogP contribution in [0, 0.1) is 5.82 Å². The quantitative estimate of drug-likeness (QED) is 0.726. The molecule has 0 spiro atoms. The molecule has 3 aromatic carbocycles. The Hall–Kier alpha value is -2.98. The van der Waals surface area contributed by atoms with Crippen LogP contribution in [0.2, 0.25) is 0 Å². The van der Waals surface area contributed by atoms with Gasteiger partial charge < -0.3 is 10.2 Å². The monoisotopic (exact) mass is 336 g/mol. The first-order chi connectivity index (χ1) is 12.1. The van der Waals surface area contributed by atoms with Crippen molar-refractivity contribution in [2.75, 3.05) is 0 Å². The third kappa shape index (κ3) is 3.75. The summed E-state index contributed by atoms with van der Waals surface area (Å²) in [5.74, 6) is -2.85. The lowest BCUT2D eigenvalue weighted by Crippen LogP contribution is -2.20. The van der Waals surface area contributed by atoms with E-state index in [4.69, 9.17) is 0 Å². The van der Waals surface area contributed by atoms with Gasteiger partial charge in [-0.15, -0.1) is 0 Å². The van der Waals surface area contributed by atoms with Crippen molar-refractivity contribution in [1.82, 2.24) is 0 Å². The molecule has 2 unspecified atom stereocenters. The predicted molar refractivity (Wildman–Crippen MR) is 93.6 cm³/mol. The van der Waals surface area contributed by atoms with Gasteiger partial charge in [-0.05, 0) is 34.4 Å². The van der Waals surface area contributed by atoms with Gasteiger partial charge in [0.2, 0.25) is 0 Å². The molecule has 25 heavy (non-hydrogen) atoms. The lowest BCUT2D eigenvalue weighted by molar-refractivity contribution is -0.141. The minimum absolute atomic E-state index is 0.236. The van der Waals surface area contributed by atoms with Gasteiger partial charge in [0.15, 0.2) is 0 Å². The zero-order valence-corrected chi connectivity index (χ0v) is 13.3. The largest absolute Gasteiger partial charge is 0.481 e. The van der Waals surface area contributed by atoms with Crippen molar-refractivity contribution in [2.45, 2.75) is 12.0 Å². The highest BCUT2D eigenvalue weighted by molar-refractivity contribution is 5.78. The Labute approximate surface area is 145 Å². The average molecular weight is 336 g/mol. The van der Waals surface area contributed by atoms with Crippen LogP contribution in [0.5, 0.6) is 0 Å². The molecule has 0 saturated heterocycles. The zero-order chi connectivity index (χ0) is 17.8. The minimum Gasteiger partial charge on any atom is -0.481 e. The Kier molecular flexibility index (Phi) is 4.91. The van der Waals surface area contributed by atoms with Gasteiger partial charge in [0.25, 0.3) is 0 Å². The average Bonchev–Trinajstić information content (AvgIpc) is 2.63. The standard InChI is InChI=1S/C21H17FO3/c22-18-8-4-7-17(13-18)20(23)19(21(24)25)16-11-9-15(10-12-16)14-5-2-1-3-6-14/h1-13,19-20,23H,(H,24,25). The fourth-order valence-electron chi connectivity index (χ4n) is 2.86. The van der Waals surface area contributed by atoms with Crippen molar-refractivity contribution in [3.63, 3.8) is 0 Å². The number of hydrogen-bond acceptors (Lipinski definition) is 2. The summed E-state index contributed by atoms with van der Waals surface area (Å²) in [5, 5.41) is 20.0. The van der Waals surface area contributed by atoms with Crippen molar-refractivity contribution >= 4 is 5.97 Å². The van der Waals surface area contributed by atoms with E-state index in [1.165, 1.54) is 18.2 Å². The topological polar surface area (TPSA) is 57.5 Å². The fourth-order valence-corrected chi connectivity index (χ4v) is 2.86. The van der Waals surface area contributed by atoms with Crippen molar-refractivity contribution in [3.8, 4) is 11.1 Å². The molecule has 0 aliphatic rings. The van der Waals surface area contributed by atoms with E-state index in [0.717, 1.165) is 17.2 Å². The number of carbonyl (C=O) groups is 1. The molecular weight excluding hydrogens is 319 g/mol. The van der Waals surface area contributed by atoms with Gasteiger partial charge in [0.05, 0.1) is 6.10 Å². The molecule has 0 aliphatic heterocycles. The van der Waals surface area contributed by atoms with Gasteiger partial charge in [0.1, 0.15) is 11.7 Å². The summed E-state index contributed by atoms with van der Waals surface area (Å²) in [5.41, 5.74) is 2.67. The highest BCUT2D eigenvalue weighted by atomic mass is 19.1. The van der Waals surface area contributed by atoms with Crippen molar-refractivity contribution in [3.05, 3.63) is 95.8 Å². The van der Waals surface area contributed by atoms with Gasteiger partial charge in [-0.1, -0.05) is 66.7 Å². The second-order valence-electron chi connectivity index (χ2n) is 5.80. The molecule has 4 heteroatoms. The van der Waals surface area contributed by atoms with Crippen LogP contribution in [-0.2, 0) is 4.79 Å². The van der Waals surface area contributed by atoms with E-state index < -0.39 is 23.8 Å². The van der Waals surface area contributed by atoms with Crippen LogP contribution in [0.1, 0.15) is 23.1 Å². The molecule has 0 aliphatic carbocycles. The first kappa shape index (κ1) is 16.9. The van der Waals surface area contributed by atoms with E-state index in [9.17, 15) is 19.4 Å². The lowest BCUT2D eigenvalue weighted by atomic mass is 9.88. The Morgan fingerprint density at radius 1 is 0.800 bits per heavy atom. The maximum absolute atomic E-state index is 13.4. The second-order valence-corrected chi connectivity index (χ2v) is 5.80. The number of aliphatic hydroxyl groups excluding tert-OH is 1. The molecule has 126 valence electrons. The predicted octanol–water partition coefficient (Wildman–Crippen LogP) is 4.39. The van der Waals surface area contributed by atoms with Crippen LogP contribution in [0.3, 0.4) is 0 Å². The molecule has 0 heterocycles. The van der Waals surface area contributed by atoms with Crippen LogP contribution in [0.15, 0.2) is 78.9 Å². The molecular formula is C21H17FO3. The summed E-state index contributed by atoms with van der Waals surface area (Å²) >= 11 is 0. The molecule has 2 atom stereocenters. The second kappa shape index (κ2) is 7.28. The SMILES string of the molecule is O=C(O)C(c1ccc(-c2ccccc2)cc1)C(O)c1cccc(F)c1. The fraction of sp³-hybridized carbons (Fsp3) is 0.0952. The van der Waals surface area contributed by atoms with Crippen LogP contribution in [0.4, 0.5) is 4.39 Å². The summed E-state index contributed by atoms with van der Waals surface area (Å²) in [7, 11) is 0. The molecule has 2 N–H and O–H groups in total. The Bertz CT molecular complexity index is 860. The van der Waals surface area contributed by atoms with Crippen LogP contribution < -0.4 is 0 Å². The molecule has 0 saturated carbocycles. The molecule has 0 aromatic heterocycles. The maximum atomic E-state index is 13.4. The number of carboxylic acids is 1. The van der Waals surface area contributed by atoms with Gasteiger partial charge in [-0.3, -0.25) is 4.79 Å². The Balaban J connectivity index is 1.92. The molecule has 0 radical (unpaired) electrons. The van der Waals surface area contributed by atoms with E-state index in [1.807, 2.05) is 42.5 Å². The molecule has 3 aromatic rings. The number of aliphatic hydroxyl groups is 1. The smallest absolute Gasteiger partial charge is 0.314 e. The van der Waals surface area contributed by atoms with Gasteiger partial charge in [-0.25, -0.2) is 4.39 Å². The van der Waals surface area contributed by atoms with E-state index in [2.05, 4.69) is 0 Å². The minimum atomic E-state index is -1.34. The molecule has 0 amide bonds. The first-order valence-corrected chi connectivity index (χ1v) is 7.88. The highest BCUT2D eigenvalue weighted by Crippen LogP contribution is 2.32. The van der Waals surface area contributed by atoms with Crippen LogP contribution in [-0.4, -0.2) is 16.2 Å². The van der Waals surface area contributed by atoms with Gasteiger partial charge >= 0.3 is 5.97 Å². The third-order valence-electron chi connectivity index (χ3n) is 4.15. The zero-order valence-electron chi connectivity index (χ0n) is 13.3. The first-order valence-electron chi connectivity index (χ1n) is 7.88. The number of hydrogen-bond donors (Lipinski definition) is 2. The van der Waals surface area contributed by atoms with Gasteiger partial charge in [-0.2, -0.15) is 0 Å². The maximum Gasteiger partial charge on any atom is 0.314 e. The molecule has 0 fully saturated rings. The summed E-state index contributed by atoms with van der Waals surface area (Å²) in [6.07, 6.45) is -1.34. The summed E-state index contributed by atoms with van der Waals surface area (Å²) < 4.78 is 13.4. The van der Waals surface area contributed by atoms with Gasteiger partial charge in [0, 0.05) is 0 Å². The van der Waals surface area contributed by atoms with Crippen LogP contribution in [0.25, 0.3) is 11.1 Å². The number of rotatable bonds is 5. The summed E-state index contributed by atoms with van der Waals surface area (Å²) in [6.45, 7) is 0. The van der Waals surface area contributed by atoms with E-state index in [-0.39, 0.29) is 5.56 Å². The molecule has 0 bridgehead atoms. The van der Waals surface area contributed by atoms with Crippen molar-refractivity contribution in [1.29, 1.82) is 0 Å². The Morgan fingerprint density at radius 3 is 2.04 bits per heavy atom. The third-order valence-corrected chi connectivity index (χ3v) is 4.15. The number of carboxylic acid groups (broad SMARTS) is 1. The van der Waals surface area contributed by atoms with Crippen molar-refractivity contribution in [2.24, 2.45) is 0 Å². The van der Waals surface area contributed by atoms with E-state index >= 15 is 0 Å². The lowest BCUT2D eigenvalue weighted by Gasteiger charge is -2.20.